The molecule has 5 nitrogen and oxygen atoms in total. The summed E-state index contributed by atoms with van der Waals surface area (Å²) >= 11 is 5.55. The second-order valence-corrected chi connectivity index (χ2v) is 5.02. The maximum atomic E-state index is 12.9. The molecule has 0 spiro atoms. The van der Waals surface area contributed by atoms with Crippen LogP contribution in [0.5, 0.6) is 0 Å². The fourth-order valence-electron chi connectivity index (χ4n) is 1.94. The molecule has 1 aliphatic rings. The van der Waals surface area contributed by atoms with E-state index in [1.807, 2.05) is 0 Å². The third kappa shape index (κ3) is 4.03. The molecule has 0 unspecified atom stereocenters. The summed E-state index contributed by atoms with van der Waals surface area (Å²) in [6.07, 6.45) is -5.29. The Bertz CT molecular complexity index is 592. The second-order valence-electron chi connectivity index (χ2n) is 4.59. The first kappa shape index (κ1) is 16.4. The van der Waals surface area contributed by atoms with Crippen LogP contribution >= 0.6 is 11.6 Å². The number of nitrogens with one attached hydrogen (secondary N) is 1. The number of benzene rings is 1. The molecule has 22 heavy (non-hydrogen) atoms. The standard InChI is InChI=1S/C13H12ClF3N2O3/c14-8-1-2-10(9(7-8)13(15,16)17)18-11(20)3-4-19-5-6-22-12(19)21/h1-2,7H,3-6H2,(H,18,20). The van der Waals surface area contributed by atoms with Gasteiger partial charge in [0.2, 0.25) is 5.91 Å². The van der Waals surface area contributed by atoms with Crippen LogP contribution in [0, 0.1) is 0 Å². The molecule has 2 amide bonds. The zero-order valence-corrected chi connectivity index (χ0v) is 12.0. The molecule has 1 aromatic carbocycles. The van der Waals surface area contributed by atoms with Gasteiger partial charge < -0.3 is 15.0 Å². The molecule has 9 heteroatoms. The van der Waals surface area contributed by atoms with Crippen molar-refractivity contribution in [1.29, 1.82) is 0 Å². The van der Waals surface area contributed by atoms with Crippen LogP contribution in [0.25, 0.3) is 0 Å². The van der Waals surface area contributed by atoms with Crippen LogP contribution in [-0.2, 0) is 15.7 Å². The van der Waals surface area contributed by atoms with Gasteiger partial charge in [0.05, 0.1) is 17.8 Å². The number of carbonyl (C=O) groups excluding carboxylic acids is 2. The zero-order chi connectivity index (χ0) is 16.3. The summed E-state index contributed by atoms with van der Waals surface area (Å²) in [6.45, 7) is 0.691. The Labute approximate surface area is 129 Å². The Morgan fingerprint density at radius 2 is 2.14 bits per heavy atom. The summed E-state index contributed by atoms with van der Waals surface area (Å²) in [4.78, 5) is 24.2. The number of alkyl halides is 3. The van der Waals surface area contributed by atoms with Crippen LogP contribution in [-0.4, -0.2) is 36.6 Å². The molecule has 0 saturated carbocycles. The maximum Gasteiger partial charge on any atom is 0.418 e. The molecule has 1 N–H and O–H groups in total. The SMILES string of the molecule is O=C(CCN1CCOC1=O)Nc1ccc(Cl)cc1C(F)(F)F. The Morgan fingerprint density at radius 1 is 1.41 bits per heavy atom. The quantitative estimate of drug-likeness (QED) is 0.919. The van der Waals surface area contributed by atoms with Gasteiger partial charge >= 0.3 is 12.3 Å². The van der Waals surface area contributed by atoms with Gasteiger partial charge in [0.15, 0.2) is 0 Å². The number of ether oxygens (including phenoxy) is 1. The average Bonchev–Trinajstić information content (AvgIpc) is 2.83. The molecular weight excluding hydrogens is 325 g/mol. The molecule has 1 saturated heterocycles. The van der Waals surface area contributed by atoms with Gasteiger partial charge in [-0.1, -0.05) is 11.6 Å². The van der Waals surface area contributed by atoms with Gasteiger partial charge in [0.1, 0.15) is 6.61 Å². The fraction of sp³-hybridized carbons (Fsp3) is 0.385. The molecule has 1 aromatic rings. The number of nitrogens with zero attached hydrogens (tertiary/aromatic N) is 1. The predicted octanol–water partition coefficient (Wildman–Crippen LogP) is 3.14. The van der Waals surface area contributed by atoms with Crippen molar-refractivity contribution in [3.8, 4) is 0 Å². The number of hydrogen-bond donors (Lipinski definition) is 1. The van der Waals surface area contributed by atoms with Gasteiger partial charge in [-0.15, -0.1) is 0 Å². The van der Waals surface area contributed by atoms with E-state index >= 15 is 0 Å². The Morgan fingerprint density at radius 3 is 2.73 bits per heavy atom. The smallest absolute Gasteiger partial charge is 0.418 e. The summed E-state index contributed by atoms with van der Waals surface area (Å²) < 4.78 is 43.3. The van der Waals surface area contributed by atoms with Crippen LogP contribution in [0.1, 0.15) is 12.0 Å². The van der Waals surface area contributed by atoms with Crippen molar-refractivity contribution in [3.05, 3.63) is 28.8 Å². The molecule has 1 heterocycles. The molecular formula is C13H12ClF3N2O3. The van der Waals surface area contributed by atoms with E-state index in [4.69, 9.17) is 11.6 Å². The van der Waals surface area contributed by atoms with Gasteiger partial charge in [-0.3, -0.25) is 4.79 Å². The van der Waals surface area contributed by atoms with Crippen molar-refractivity contribution < 1.29 is 27.5 Å². The van der Waals surface area contributed by atoms with Crippen LogP contribution in [0.2, 0.25) is 5.02 Å². The van der Waals surface area contributed by atoms with Gasteiger partial charge in [0.25, 0.3) is 0 Å². The first-order valence-corrected chi connectivity index (χ1v) is 6.73. The highest BCUT2D eigenvalue weighted by Gasteiger charge is 2.34. The van der Waals surface area contributed by atoms with E-state index in [9.17, 15) is 22.8 Å². The number of hydrogen-bond acceptors (Lipinski definition) is 3. The lowest BCUT2D eigenvalue weighted by Gasteiger charge is -2.15. The highest BCUT2D eigenvalue weighted by atomic mass is 35.5. The molecule has 0 aromatic heterocycles. The monoisotopic (exact) mass is 336 g/mol. The van der Waals surface area contributed by atoms with Gasteiger partial charge in [-0.2, -0.15) is 13.2 Å². The first-order valence-electron chi connectivity index (χ1n) is 6.35. The van der Waals surface area contributed by atoms with Crippen molar-refractivity contribution >= 4 is 29.3 Å². The summed E-state index contributed by atoms with van der Waals surface area (Å²) in [6, 6.07) is 3.09. The molecule has 2 rings (SSSR count). The number of halogens is 4. The lowest BCUT2D eigenvalue weighted by atomic mass is 10.1. The Kier molecular flexibility index (Phi) is 4.80. The van der Waals surface area contributed by atoms with Gasteiger partial charge in [-0.05, 0) is 18.2 Å². The minimum Gasteiger partial charge on any atom is -0.448 e. The first-order chi connectivity index (χ1) is 10.3. The minimum absolute atomic E-state index is 0.0786. The minimum atomic E-state index is -4.63. The molecule has 120 valence electrons. The van der Waals surface area contributed by atoms with E-state index in [-0.39, 0.29) is 30.3 Å². The largest absolute Gasteiger partial charge is 0.448 e. The number of carbonyl (C=O) groups is 2. The van der Waals surface area contributed by atoms with Crippen molar-refractivity contribution in [2.45, 2.75) is 12.6 Å². The van der Waals surface area contributed by atoms with Crippen LogP contribution < -0.4 is 5.32 Å². The fourth-order valence-corrected chi connectivity index (χ4v) is 2.11. The second kappa shape index (κ2) is 6.43. The predicted molar refractivity (Wildman–Crippen MR) is 72.6 cm³/mol. The molecule has 1 fully saturated rings. The maximum absolute atomic E-state index is 12.9. The highest BCUT2D eigenvalue weighted by Crippen LogP contribution is 2.36. The Balaban J connectivity index is 2.01. The van der Waals surface area contributed by atoms with Gasteiger partial charge in [0, 0.05) is 18.0 Å². The number of anilines is 1. The lowest BCUT2D eigenvalue weighted by molar-refractivity contribution is -0.137. The summed E-state index contributed by atoms with van der Waals surface area (Å²) in [7, 11) is 0. The molecule has 0 radical (unpaired) electrons. The van der Waals surface area contributed by atoms with E-state index in [1.54, 1.807) is 0 Å². The highest BCUT2D eigenvalue weighted by molar-refractivity contribution is 6.30. The van der Waals surface area contributed by atoms with Crippen molar-refractivity contribution in [3.63, 3.8) is 0 Å². The lowest BCUT2D eigenvalue weighted by Crippen LogP contribution is -2.28. The molecule has 0 bridgehead atoms. The van der Waals surface area contributed by atoms with Gasteiger partial charge in [-0.25, -0.2) is 4.79 Å². The molecule has 0 aliphatic carbocycles. The normalized spacial score (nSPS) is 14.9. The van der Waals surface area contributed by atoms with Crippen molar-refractivity contribution in [1.82, 2.24) is 4.90 Å². The third-order valence-corrected chi connectivity index (χ3v) is 3.25. The van der Waals surface area contributed by atoms with Crippen LogP contribution in [0.3, 0.4) is 0 Å². The number of rotatable bonds is 4. The summed E-state index contributed by atoms with van der Waals surface area (Å²) in [5.74, 6) is -0.632. The van der Waals surface area contributed by atoms with E-state index < -0.39 is 23.7 Å². The number of cyclic esters (lactones) is 1. The Hall–Kier alpha value is -1.96. The van der Waals surface area contributed by atoms with E-state index in [1.165, 1.54) is 11.0 Å². The van der Waals surface area contributed by atoms with Crippen molar-refractivity contribution in [2.24, 2.45) is 0 Å². The summed E-state index contributed by atoms with van der Waals surface area (Å²) in [5, 5.41) is 2.11. The topological polar surface area (TPSA) is 58.6 Å². The van der Waals surface area contributed by atoms with E-state index in [2.05, 4.69) is 10.1 Å². The molecule has 1 aliphatic heterocycles. The van der Waals surface area contributed by atoms with E-state index in [0.717, 1.165) is 12.1 Å². The van der Waals surface area contributed by atoms with Crippen LogP contribution in [0.15, 0.2) is 18.2 Å². The van der Waals surface area contributed by atoms with E-state index in [0.29, 0.717) is 6.54 Å². The third-order valence-electron chi connectivity index (χ3n) is 3.01. The summed E-state index contributed by atoms with van der Waals surface area (Å²) in [5.41, 5.74) is -1.39. The average molecular weight is 337 g/mol. The van der Waals surface area contributed by atoms with Crippen molar-refractivity contribution in [2.75, 3.05) is 25.0 Å². The molecule has 0 atom stereocenters. The number of amides is 2. The zero-order valence-electron chi connectivity index (χ0n) is 11.2. The van der Waals surface area contributed by atoms with Crippen LogP contribution in [0.4, 0.5) is 23.7 Å².